The van der Waals surface area contributed by atoms with Gasteiger partial charge in [-0.3, -0.25) is 0 Å². The molecule has 0 radical (unpaired) electrons. The van der Waals surface area contributed by atoms with E-state index in [4.69, 9.17) is 14.9 Å². The largest absolute Gasteiger partial charge is 0.557 e. The molecule has 4 N–H and O–H groups in total. The predicted octanol–water partition coefficient (Wildman–Crippen LogP) is 2.29. The van der Waals surface area contributed by atoms with Crippen molar-refractivity contribution in [1.29, 1.82) is 0 Å². The zero-order chi connectivity index (χ0) is 13.6. The van der Waals surface area contributed by atoms with E-state index in [1.165, 1.54) is 0 Å². The van der Waals surface area contributed by atoms with Gasteiger partial charge in [-0.2, -0.15) is 0 Å². The summed E-state index contributed by atoms with van der Waals surface area (Å²) in [5.74, 6) is 7.82. The third-order valence-corrected chi connectivity index (χ3v) is 3.51. The van der Waals surface area contributed by atoms with E-state index in [0.717, 1.165) is 5.53 Å². The van der Waals surface area contributed by atoms with Crippen LogP contribution in [0, 0.1) is 0 Å². The second-order valence-electron chi connectivity index (χ2n) is 3.58. The number of para-hydroxylation sites is 2. The predicted molar refractivity (Wildman–Crippen MR) is 71.1 cm³/mol. The molecule has 0 saturated heterocycles. The Morgan fingerprint density at radius 1 is 0.895 bits per heavy atom. The van der Waals surface area contributed by atoms with E-state index in [1.807, 2.05) is 12.1 Å². The minimum Gasteiger partial charge on any atom is -0.450 e. The Labute approximate surface area is 111 Å². The molecule has 19 heavy (non-hydrogen) atoms. The molecule has 2 rings (SSSR count). The second kappa shape index (κ2) is 6.36. The van der Waals surface area contributed by atoms with Crippen molar-refractivity contribution in [2.45, 2.75) is 0 Å². The number of hydrogen-bond acceptors (Lipinski definition) is 3. The summed E-state index contributed by atoms with van der Waals surface area (Å²) in [4.78, 5) is 0. The summed E-state index contributed by atoms with van der Waals surface area (Å²) >= 11 is 0. The van der Waals surface area contributed by atoms with Crippen LogP contribution in [0.4, 0.5) is 0 Å². The fourth-order valence-electron chi connectivity index (χ4n) is 1.39. The van der Waals surface area contributed by atoms with Crippen LogP contribution in [-0.2, 0) is 4.57 Å². The monoisotopic (exact) mass is 279 g/mol. The van der Waals surface area contributed by atoms with Crippen molar-refractivity contribution < 1.29 is 19.1 Å². The normalized spacial score (nSPS) is 11.0. The summed E-state index contributed by atoms with van der Waals surface area (Å²) in [7, 11) is -3.66. The molecule has 0 heterocycles. The number of rotatable bonds is 6. The van der Waals surface area contributed by atoms with Crippen LogP contribution in [0.2, 0.25) is 0 Å². The molecule has 0 amide bonds. The van der Waals surface area contributed by atoms with Gasteiger partial charge in [0.1, 0.15) is 11.5 Å². The van der Waals surface area contributed by atoms with Gasteiger partial charge in [-0.05, 0) is 24.3 Å². The van der Waals surface area contributed by atoms with E-state index in [2.05, 4.69) is 5.20 Å². The average Bonchev–Trinajstić information content (AvgIpc) is 2.41. The number of hydrogen-bond donors (Lipinski definition) is 2. The fourth-order valence-corrected chi connectivity index (χ4v) is 2.49. The van der Waals surface area contributed by atoms with Gasteiger partial charge < -0.3 is 20.4 Å². The van der Waals surface area contributed by atoms with Crippen molar-refractivity contribution in [3.05, 3.63) is 66.5 Å². The molecule has 0 unspecified atom stereocenters. The number of benzene rings is 2. The van der Waals surface area contributed by atoms with Crippen LogP contribution in [-0.4, -0.2) is 0 Å². The van der Waals surface area contributed by atoms with Crippen LogP contribution in [0.3, 0.4) is 0 Å². The first-order chi connectivity index (χ1) is 9.22. The summed E-state index contributed by atoms with van der Waals surface area (Å²) in [5, 5.41) is 2.31. The lowest BCUT2D eigenvalue weighted by atomic mass is 10.3. The molecule has 0 atom stereocenters. The quantitative estimate of drug-likeness (QED) is 0.482. The highest BCUT2D eigenvalue weighted by molar-refractivity contribution is 7.52. The molecule has 7 heteroatoms. The van der Waals surface area contributed by atoms with Gasteiger partial charge >= 0.3 is 7.75 Å². The molecular formula is C12H14N3O3P. The number of quaternary nitrogens is 1. The van der Waals surface area contributed by atoms with Crippen LogP contribution in [0.1, 0.15) is 0 Å². The van der Waals surface area contributed by atoms with Gasteiger partial charge in [0.2, 0.25) is 0 Å². The zero-order valence-electron chi connectivity index (χ0n) is 10.0. The molecule has 6 nitrogen and oxygen atoms in total. The number of nitrogens with two attached hydrogens (primary N) is 1. The second-order valence-corrected chi connectivity index (χ2v) is 5.20. The molecule has 0 aliphatic heterocycles. The van der Waals surface area contributed by atoms with Gasteiger partial charge in [0, 0.05) is 0 Å². The van der Waals surface area contributed by atoms with Crippen molar-refractivity contribution in [1.82, 2.24) is 5.20 Å². The highest BCUT2D eigenvalue weighted by Crippen LogP contribution is 2.43. The number of nitrogens with one attached hydrogen (secondary N) is 2. The van der Waals surface area contributed by atoms with Crippen LogP contribution in [0.15, 0.2) is 60.7 Å². The van der Waals surface area contributed by atoms with Gasteiger partial charge in [-0.1, -0.05) is 41.6 Å². The first-order valence-corrected chi connectivity index (χ1v) is 7.12. The fraction of sp³-hybridized carbons (Fsp3) is 0. The third kappa shape index (κ3) is 4.08. The first-order valence-electron chi connectivity index (χ1n) is 5.58. The molecular weight excluding hydrogens is 265 g/mol. The van der Waals surface area contributed by atoms with E-state index in [0.29, 0.717) is 11.5 Å². The van der Waals surface area contributed by atoms with Gasteiger partial charge in [0.25, 0.3) is 0 Å². The van der Waals surface area contributed by atoms with Crippen molar-refractivity contribution in [2.75, 3.05) is 0 Å². The molecule has 0 spiro atoms. The van der Waals surface area contributed by atoms with Crippen molar-refractivity contribution in [3.63, 3.8) is 0 Å². The van der Waals surface area contributed by atoms with Crippen LogP contribution in [0.25, 0.3) is 5.84 Å². The molecule has 2 aromatic carbocycles. The van der Waals surface area contributed by atoms with Crippen molar-refractivity contribution >= 4 is 7.75 Å². The molecule has 0 bridgehead atoms. The lowest BCUT2D eigenvalue weighted by Gasteiger charge is -2.19. The first kappa shape index (κ1) is 13.6. The molecule has 2 aromatic rings. The van der Waals surface area contributed by atoms with Gasteiger partial charge in [-0.15, -0.1) is 0 Å². The Morgan fingerprint density at radius 3 is 1.68 bits per heavy atom. The van der Waals surface area contributed by atoms with E-state index in [1.54, 1.807) is 48.5 Å². The minimum absolute atomic E-state index is 0.399. The summed E-state index contributed by atoms with van der Waals surface area (Å²) in [6.07, 6.45) is 0. The highest BCUT2D eigenvalue weighted by atomic mass is 31.2. The van der Waals surface area contributed by atoms with Gasteiger partial charge in [0.05, 0.1) is 0 Å². The van der Waals surface area contributed by atoms with Gasteiger partial charge in [0.15, 0.2) is 0 Å². The lowest BCUT2D eigenvalue weighted by molar-refractivity contribution is -0.630. The van der Waals surface area contributed by atoms with E-state index >= 15 is 0 Å². The minimum atomic E-state index is -3.66. The highest BCUT2D eigenvalue weighted by Gasteiger charge is 2.29. The molecule has 0 aliphatic carbocycles. The van der Waals surface area contributed by atoms with Crippen LogP contribution < -0.4 is 19.8 Å². The topological polar surface area (TPSA) is 88.0 Å². The summed E-state index contributed by atoms with van der Waals surface area (Å²) in [5.41, 5.74) is 0.784. The maximum atomic E-state index is 12.4. The lowest BCUT2D eigenvalue weighted by Crippen LogP contribution is -2.84. The van der Waals surface area contributed by atoms with Crippen molar-refractivity contribution in [2.24, 2.45) is 0 Å². The van der Waals surface area contributed by atoms with E-state index < -0.39 is 7.75 Å². The Hall–Kier alpha value is -1.85. The molecule has 100 valence electrons. The summed E-state index contributed by atoms with van der Waals surface area (Å²) < 4.78 is 23.1. The standard InChI is InChI=1S/C12H14N3O3P/c13-14-15-19(16,17-11-7-3-1-4-8-11)18-12-9-5-2-6-10-12/h1-10,13H,14H2,(H,15,16). The average molecular weight is 279 g/mol. The molecule has 0 saturated carbocycles. The molecule has 0 aliphatic rings. The maximum Gasteiger partial charge on any atom is 0.557 e. The Balaban J connectivity index is 2.16. The Morgan fingerprint density at radius 2 is 1.32 bits per heavy atom. The SMILES string of the molecule is [NH-][NH2+]NP(=O)(Oc1ccccc1)Oc1ccccc1. The molecule has 0 aromatic heterocycles. The van der Waals surface area contributed by atoms with Gasteiger partial charge in [-0.25, -0.2) is 4.57 Å². The van der Waals surface area contributed by atoms with E-state index in [-0.39, 0.29) is 0 Å². The Bertz CT molecular complexity index is 505. The zero-order valence-corrected chi connectivity index (χ0v) is 10.9. The summed E-state index contributed by atoms with van der Waals surface area (Å²) in [6, 6.07) is 17.3. The maximum absolute atomic E-state index is 12.4. The Kier molecular flexibility index (Phi) is 4.54. The smallest absolute Gasteiger partial charge is 0.450 e. The van der Waals surface area contributed by atoms with Crippen LogP contribution >= 0.6 is 7.75 Å². The third-order valence-electron chi connectivity index (χ3n) is 2.16. The molecule has 0 fully saturated rings. The van der Waals surface area contributed by atoms with Crippen molar-refractivity contribution in [3.8, 4) is 11.5 Å². The summed E-state index contributed by atoms with van der Waals surface area (Å²) in [6.45, 7) is 0. The van der Waals surface area contributed by atoms with E-state index in [9.17, 15) is 4.57 Å². The van der Waals surface area contributed by atoms with Crippen LogP contribution in [0.5, 0.6) is 11.5 Å².